The van der Waals surface area contributed by atoms with Crippen LogP contribution in [-0.2, 0) is 16.0 Å². The minimum absolute atomic E-state index is 0.0982. The molecule has 3 aromatic rings. The number of anilines is 1. The van der Waals surface area contributed by atoms with E-state index < -0.39 is 0 Å². The van der Waals surface area contributed by atoms with E-state index in [1.165, 1.54) is 6.26 Å². The van der Waals surface area contributed by atoms with Crippen LogP contribution in [0.4, 0.5) is 5.82 Å². The van der Waals surface area contributed by atoms with Gasteiger partial charge < -0.3 is 23.9 Å². The van der Waals surface area contributed by atoms with E-state index in [4.69, 9.17) is 30.2 Å². The van der Waals surface area contributed by atoms with Crippen LogP contribution in [-0.4, -0.2) is 47.5 Å². The summed E-state index contributed by atoms with van der Waals surface area (Å²) in [6.07, 6.45) is 3.01. The van der Waals surface area contributed by atoms with E-state index in [0.717, 1.165) is 5.39 Å². The fraction of sp³-hybridized carbons (Fsp3) is 0.353. The highest BCUT2D eigenvalue weighted by atomic mass is 35.5. The molecular formula is C17H17ClN4O4. The van der Waals surface area contributed by atoms with Crippen LogP contribution in [0.2, 0.25) is 5.28 Å². The molecule has 0 saturated carbocycles. The molecule has 0 spiro atoms. The predicted molar refractivity (Wildman–Crippen MR) is 94.4 cm³/mol. The Morgan fingerprint density at radius 1 is 1.27 bits per heavy atom. The van der Waals surface area contributed by atoms with Gasteiger partial charge in [-0.15, -0.1) is 0 Å². The van der Waals surface area contributed by atoms with Gasteiger partial charge in [-0.1, -0.05) is 6.07 Å². The van der Waals surface area contributed by atoms with Gasteiger partial charge in [-0.2, -0.15) is 0 Å². The van der Waals surface area contributed by atoms with Gasteiger partial charge in [0.25, 0.3) is 0 Å². The number of aromatic nitrogens is 3. The molecule has 2 aromatic heterocycles. The van der Waals surface area contributed by atoms with Crippen molar-refractivity contribution in [2.75, 3.05) is 31.7 Å². The third-order valence-electron chi connectivity index (χ3n) is 3.86. The second kappa shape index (κ2) is 7.86. The molecule has 1 saturated heterocycles. The topological polar surface area (TPSA) is 91.5 Å². The minimum atomic E-state index is -0.0982. The van der Waals surface area contributed by atoms with Crippen molar-refractivity contribution in [2.45, 2.75) is 12.6 Å². The maximum absolute atomic E-state index is 6.10. The number of fused-ring (bicyclic) bond motifs is 1. The lowest BCUT2D eigenvalue weighted by Crippen LogP contribution is -2.33. The summed E-state index contributed by atoms with van der Waals surface area (Å²) in [5.74, 6) is 1.75. The molecule has 1 aliphatic rings. The van der Waals surface area contributed by atoms with E-state index in [2.05, 4.69) is 20.3 Å². The number of ether oxygens (including phenoxy) is 3. The normalized spacial score (nSPS) is 17.3. The first kappa shape index (κ1) is 17.0. The van der Waals surface area contributed by atoms with Crippen molar-refractivity contribution in [3.63, 3.8) is 0 Å². The zero-order valence-corrected chi connectivity index (χ0v) is 14.6. The molecule has 0 bridgehead atoms. The third kappa shape index (κ3) is 3.87. The maximum atomic E-state index is 6.10. The standard InChI is InChI=1S/C17H17ClN4O4/c18-17-21-15-12(16(22-17)20-8-14-19-4-5-25-14)2-1-3-13(15)26-10-11-9-23-6-7-24-11/h1-5,11H,6-10H2,(H,20,21,22). The number of nitrogens with zero attached hydrogens (tertiary/aromatic N) is 3. The summed E-state index contributed by atoms with van der Waals surface area (Å²) in [5, 5.41) is 4.09. The average Bonchev–Trinajstić information content (AvgIpc) is 3.19. The van der Waals surface area contributed by atoms with E-state index in [0.29, 0.717) is 55.9 Å². The first-order valence-corrected chi connectivity index (χ1v) is 8.58. The SMILES string of the molecule is Clc1nc(NCc2ncco2)c2cccc(OCC3COCCO3)c2n1. The molecule has 1 aliphatic heterocycles. The van der Waals surface area contributed by atoms with Crippen LogP contribution in [0.25, 0.3) is 10.9 Å². The van der Waals surface area contributed by atoms with Crippen molar-refractivity contribution in [1.82, 2.24) is 15.0 Å². The lowest BCUT2D eigenvalue weighted by atomic mass is 10.2. The summed E-state index contributed by atoms with van der Waals surface area (Å²) < 4.78 is 22.1. The Kier molecular flexibility index (Phi) is 5.14. The van der Waals surface area contributed by atoms with Crippen LogP contribution in [0.1, 0.15) is 5.89 Å². The molecule has 1 N–H and O–H groups in total. The van der Waals surface area contributed by atoms with Crippen molar-refractivity contribution in [3.8, 4) is 5.75 Å². The van der Waals surface area contributed by atoms with Crippen molar-refractivity contribution < 1.29 is 18.6 Å². The molecule has 0 radical (unpaired) electrons. The first-order chi connectivity index (χ1) is 12.8. The molecule has 3 heterocycles. The largest absolute Gasteiger partial charge is 0.488 e. The molecule has 1 atom stereocenters. The Morgan fingerprint density at radius 2 is 2.23 bits per heavy atom. The summed E-state index contributed by atoms with van der Waals surface area (Å²) >= 11 is 6.10. The Hall–Kier alpha value is -2.42. The van der Waals surface area contributed by atoms with Crippen LogP contribution >= 0.6 is 11.6 Å². The van der Waals surface area contributed by atoms with Gasteiger partial charge in [-0.3, -0.25) is 0 Å². The van der Waals surface area contributed by atoms with Crippen molar-refractivity contribution >= 4 is 28.3 Å². The number of halogens is 1. The van der Waals surface area contributed by atoms with Gasteiger partial charge in [0.15, 0.2) is 0 Å². The van der Waals surface area contributed by atoms with E-state index in [1.54, 1.807) is 6.20 Å². The quantitative estimate of drug-likeness (QED) is 0.656. The maximum Gasteiger partial charge on any atom is 0.225 e. The second-order valence-electron chi connectivity index (χ2n) is 5.65. The van der Waals surface area contributed by atoms with E-state index >= 15 is 0 Å². The monoisotopic (exact) mass is 376 g/mol. The fourth-order valence-corrected chi connectivity index (χ4v) is 2.83. The molecular weight excluding hydrogens is 360 g/mol. The molecule has 9 heteroatoms. The van der Waals surface area contributed by atoms with Gasteiger partial charge in [-0.25, -0.2) is 15.0 Å². The molecule has 26 heavy (non-hydrogen) atoms. The van der Waals surface area contributed by atoms with Crippen molar-refractivity contribution in [3.05, 3.63) is 41.8 Å². The third-order valence-corrected chi connectivity index (χ3v) is 4.03. The van der Waals surface area contributed by atoms with E-state index in [1.807, 2.05) is 18.2 Å². The molecule has 0 aliphatic carbocycles. The summed E-state index contributed by atoms with van der Waals surface area (Å²) in [4.78, 5) is 12.7. The Bertz CT molecular complexity index is 869. The lowest BCUT2D eigenvalue weighted by molar-refractivity contribution is -0.101. The molecule has 1 aromatic carbocycles. The number of rotatable bonds is 6. The van der Waals surface area contributed by atoms with Crippen molar-refractivity contribution in [1.29, 1.82) is 0 Å². The van der Waals surface area contributed by atoms with Gasteiger partial charge in [0.2, 0.25) is 11.2 Å². The highest BCUT2D eigenvalue weighted by Gasteiger charge is 2.17. The molecule has 0 amide bonds. The Balaban J connectivity index is 1.56. The molecule has 1 fully saturated rings. The minimum Gasteiger partial charge on any atom is -0.488 e. The number of hydrogen-bond acceptors (Lipinski definition) is 8. The molecule has 136 valence electrons. The highest BCUT2D eigenvalue weighted by molar-refractivity contribution is 6.29. The van der Waals surface area contributed by atoms with Gasteiger partial charge in [-0.05, 0) is 23.7 Å². The smallest absolute Gasteiger partial charge is 0.225 e. The number of oxazole rings is 1. The van der Waals surface area contributed by atoms with Gasteiger partial charge in [0, 0.05) is 5.39 Å². The van der Waals surface area contributed by atoms with Crippen LogP contribution in [0, 0.1) is 0 Å². The highest BCUT2D eigenvalue weighted by Crippen LogP contribution is 2.30. The van der Waals surface area contributed by atoms with Crippen molar-refractivity contribution in [2.24, 2.45) is 0 Å². The predicted octanol–water partition coefficient (Wildman–Crippen LogP) is 2.68. The molecule has 4 rings (SSSR count). The Labute approximate surface area is 154 Å². The number of nitrogens with one attached hydrogen (secondary N) is 1. The number of benzene rings is 1. The first-order valence-electron chi connectivity index (χ1n) is 8.20. The van der Waals surface area contributed by atoms with E-state index in [9.17, 15) is 0 Å². The Morgan fingerprint density at radius 3 is 3.04 bits per heavy atom. The number of para-hydroxylation sites is 1. The summed E-state index contributed by atoms with van der Waals surface area (Å²) in [7, 11) is 0. The number of hydrogen-bond donors (Lipinski definition) is 1. The molecule has 8 nitrogen and oxygen atoms in total. The average molecular weight is 377 g/mol. The van der Waals surface area contributed by atoms with Gasteiger partial charge in [0.05, 0.1) is 32.6 Å². The summed E-state index contributed by atoms with van der Waals surface area (Å²) in [6, 6.07) is 5.62. The molecule has 1 unspecified atom stereocenters. The zero-order valence-electron chi connectivity index (χ0n) is 13.9. The van der Waals surface area contributed by atoms with Crippen LogP contribution in [0.5, 0.6) is 5.75 Å². The fourth-order valence-electron chi connectivity index (χ4n) is 2.66. The van der Waals surface area contributed by atoms with Gasteiger partial charge >= 0.3 is 0 Å². The van der Waals surface area contributed by atoms with E-state index in [-0.39, 0.29) is 11.4 Å². The van der Waals surface area contributed by atoms with Crippen LogP contribution < -0.4 is 10.1 Å². The van der Waals surface area contributed by atoms with Gasteiger partial charge in [0.1, 0.15) is 36.1 Å². The second-order valence-corrected chi connectivity index (χ2v) is 5.99. The summed E-state index contributed by atoms with van der Waals surface area (Å²) in [6.45, 7) is 2.47. The lowest BCUT2D eigenvalue weighted by Gasteiger charge is -2.23. The zero-order chi connectivity index (χ0) is 17.8. The van der Waals surface area contributed by atoms with Crippen LogP contribution in [0.3, 0.4) is 0 Å². The summed E-state index contributed by atoms with van der Waals surface area (Å²) in [5.41, 5.74) is 0.624. The van der Waals surface area contributed by atoms with Crippen LogP contribution in [0.15, 0.2) is 35.1 Å².